The van der Waals surface area contributed by atoms with Crippen LogP contribution in [0.25, 0.3) is 6.08 Å². The van der Waals surface area contributed by atoms with E-state index in [-0.39, 0.29) is 5.75 Å². The quantitative estimate of drug-likeness (QED) is 0.550. The summed E-state index contributed by atoms with van der Waals surface area (Å²) in [4.78, 5) is 0. The Bertz CT molecular complexity index is 814. The number of aliphatic hydroxyl groups excluding tert-OH is 2. The first-order valence-electron chi connectivity index (χ1n) is 9.14. The number of phenolic OH excluding ortho intramolecular Hbond substituents is 1. The van der Waals surface area contributed by atoms with Crippen LogP contribution in [-0.4, -0.2) is 28.5 Å². The SMILES string of the molecule is C=C[C@H]([C@H](O)CC/C(C)=C/c1ccc(O)c(F)c1)[C@H](O)c1ccc(OC)cc1. The fourth-order valence-electron chi connectivity index (χ4n) is 3.06. The number of halogens is 1. The van der Waals surface area contributed by atoms with E-state index < -0.39 is 23.9 Å². The zero-order valence-electron chi connectivity index (χ0n) is 16.2. The molecule has 0 amide bonds. The second kappa shape index (κ2) is 10.1. The van der Waals surface area contributed by atoms with Crippen LogP contribution in [0.1, 0.15) is 37.0 Å². The fraction of sp³-hybridized carbons (Fsp3) is 0.304. The number of allylic oxidation sites excluding steroid dienone is 1. The van der Waals surface area contributed by atoms with Crippen molar-refractivity contribution in [3.8, 4) is 11.5 Å². The van der Waals surface area contributed by atoms with Gasteiger partial charge in [0.2, 0.25) is 0 Å². The minimum Gasteiger partial charge on any atom is -0.505 e. The molecule has 2 rings (SSSR count). The molecule has 3 atom stereocenters. The van der Waals surface area contributed by atoms with Crippen molar-refractivity contribution in [2.75, 3.05) is 7.11 Å². The lowest BCUT2D eigenvalue weighted by atomic mass is 9.88. The van der Waals surface area contributed by atoms with Crippen LogP contribution >= 0.6 is 0 Å². The standard InChI is InChI=1S/C23H27FO4/c1-4-19(23(27)17-7-9-18(28-3)10-8-17)21(25)11-5-15(2)13-16-6-12-22(26)20(24)14-16/h4,6-10,12-14,19,21,23,25-27H,1,5,11H2,2-3H3/b15-13+/t19-,21-,23-/m1/s1. The minimum absolute atomic E-state index is 0.383. The van der Waals surface area contributed by atoms with E-state index in [0.717, 1.165) is 5.57 Å². The third-order valence-corrected chi connectivity index (χ3v) is 4.76. The predicted molar refractivity (Wildman–Crippen MR) is 109 cm³/mol. The van der Waals surface area contributed by atoms with Crippen molar-refractivity contribution in [3.63, 3.8) is 0 Å². The van der Waals surface area contributed by atoms with E-state index in [2.05, 4.69) is 6.58 Å². The van der Waals surface area contributed by atoms with E-state index in [9.17, 15) is 19.7 Å². The Morgan fingerprint density at radius 2 is 1.86 bits per heavy atom. The molecule has 2 aromatic rings. The normalized spacial score (nSPS) is 15.0. The van der Waals surface area contributed by atoms with Gasteiger partial charge in [0, 0.05) is 5.92 Å². The predicted octanol–water partition coefficient (Wildman–Crippen LogP) is 4.62. The van der Waals surface area contributed by atoms with Crippen LogP contribution in [0.2, 0.25) is 0 Å². The number of rotatable bonds is 9. The first-order chi connectivity index (χ1) is 13.3. The molecule has 0 unspecified atom stereocenters. The zero-order chi connectivity index (χ0) is 20.7. The van der Waals surface area contributed by atoms with Gasteiger partial charge in [0.1, 0.15) is 5.75 Å². The summed E-state index contributed by atoms with van der Waals surface area (Å²) in [5, 5.41) is 30.4. The Morgan fingerprint density at radius 3 is 2.43 bits per heavy atom. The summed E-state index contributed by atoms with van der Waals surface area (Å²) in [6.45, 7) is 5.64. The second-order valence-electron chi connectivity index (χ2n) is 6.84. The summed E-state index contributed by atoms with van der Waals surface area (Å²) >= 11 is 0. The molecule has 0 heterocycles. The highest BCUT2D eigenvalue weighted by Crippen LogP contribution is 2.29. The lowest BCUT2D eigenvalue weighted by molar-refractivity contribution is 0.0319. The number of phenols is 1. The maximum atomic E-state index is 13.4. The summed E-state index contributed by atoms with van der Waals surface area (Å²) < 4.78 is 18.5. The van der Waals surface area contributed by atoms with E-state index in [1.807, 2.05) is 6.92 Å². The Morgan fingerprint density at radius 1 is 1.18 bits per heavy atom. The van der Waals surface area contributed by atoms with Crippen LogP contribution in [0.5, 0.6) is 11.5 Å². The van der Waals surface area contributed by atoms with Crippen molar-refractivity contribution >= 4 is 6.08 Å². The maximum absolute atomic E-state index is 13.4. The van der Waals surface area contributed by atoms with Crippen LogP contribution < -0.4 is 4.74 Å². The number of benzene rings is 2. The van der Waals surface area contributed by atoms with Crippen LogP contribution in [0.3, 0.4) is 0 Å². The van der Waals surface area contributed by atoms with E-state index in [1.165, 1.54) is 12.1 Å². The number of aromatic hydroxyl groups is 1. The molecule has 5 heteroatoms. The Labute approximate surface area is 165 Å². The molecular weight excluding hydrogens is 359 g/mol. The first kappa shape index (κ1) is 21.7. The van der Waals surface area contributed by atoms with Crippen molar-refractivity contribution in [1.29, 1.82) is 0 Å². The summed E-state index contributed by atoms with van der Waals surface area (Å²) in [5.41, 5.74) is 2.27. The molecule has 0 aliphatic rings. The van der Waals surface area contributed by atoms with Gasteiger partial charge < -0.3 is 20.1 Å². The Balaban J connectivity index is 2.00. The second-order valence-corrected chi connectivity index (χ2v) is 6.84. The molecule has 4 nitrogen and oxygen atoms in total. The van der Waals surface area contributed by atoms with Gasteiger partial charge in [-0.1, -0.05) is 35.9 Å². The Hall–Kier alpha value is -2.63. The van der Waals surface area contributed by atoms with Crippen molar-refractivity contribution < 1.29 is 24.4 Å². The van der Waals surface area contributed by atoms with Gasteiger partial charge in [-0.2, -0.15) is 0 Å². The van der Waals surface area contributed by atoms with Gasteiger partial charge in [-0.15, -0.1) is 6.58 Å². The minimum atomic E-state index is -0.881. The lowest BCUT2D eigenvalue weighted by Crippen LogP contribution is -2.25. The highest BCUT2D eigenvalue weighted by molar-refractivity contribution is 5.53. The van der Waals surface area contributed by atoms with Gasteiger partial charge in [-0.05, 0) is 55.2 Å². The summed E-state index contributed by atoms with van der Waals surface area (Å²) in [5.74, 6) is -0.882. The Kier molecular flexibility index (Phi) is 7.79. The van der Waals surface area contributed by atoms with Crippen LogP contribution in [0.15, 0.2) is 60.7 Å². The molecule has 0 aromatic heterocycles. The molecule has 0 aliphatic heterocycles. The highest BCUT2D eigenvalue weighted by atomic mass is 19.1. The lowest BCUT2D eigenvalue weighted by Gasteiger charge is -2.25. The van der Waals surface area contributed by atoms with Gasteiger partial charge in [0.15, 0.2) is 11.6 Å². The molecule has 3 N–H and O–H groups in total. The highest BCUT2D eigenvalue weighted by Gasteiger charge is 2.25. The third-order valence-electron chi connectivity index (χ3n) is 4.76. The van der Waals surface area contributed by atoms with E-state index >= 15 is 0 Å². The zero-order valence-corrected chi connectivity index (χ0v) is 16.2. The molecule has 150 valence electrons. The molecule has 2 aromatic carbocycles. The monoisotopic (exact) mass is 386 g/mol. The number of ether oxygens (including phenoxy) is 1. The molecular formula is C23H27FO4. The third kappa shape index (κ3) is 5.68. The fourth-order valence-corrected chi connectivity index (χ4v) is 3.06. The number of hydrogen-bond donors (Lipinski definition) is 3. The van der Waals surface area contributed by atoms with Gasteiger partial charge in [0.05, 0.1) is 19.3 Å². The van der Waals surface area contributed by atoms with E-state index in [4.69, 9.17) is 4.74 Å². The molecule has 0 spiro atoms. The molecule has 0 aliphatic carbocycles. The number of aliphatic hydroxyl groups is 2. The topological polar surface area (TPSA) is 69.9 Å². The molecule has 0 saturated heterocycles. The first-order valence-corrected chi connectivity index (χ1v) is 9.14. The smallest absolute Gasteiger partial charge is 0.165 e. The average Bonchev–Trinajstić information content (AvgIpc) is 2.69. The van der Waals surface area contributed by atoms with Gasteiger partial charge in [0.25, 0.3) is 0 Å². The molecule has 0 radical (unpaired) electrons. The molecule has 0 fully saturated rings. The van der Waals surface area contributed by atoms with Gasteiger partial charge in [-0.25, -0.2) is 4.39 Å². The molecule has 28 heavy (non-hydrogen) atoms. The van der Waals surface area contributed by atoms with Gasteiger partial charge in [-0.3, -0.25) is 0 Å². The van der Waals surface area contributed by atoms with Crippen LogP contribution in [0.4, 0.5) is 4.39 Å². The summed E-state index contributed by atoms with van der Waals surface area (Å²) in [6.07, 6.45) is 2.70. The molecule has 0 bridgehead atoms. The van der Waals surface area contributed by atoms with Crippen molar-refractivity contribution in [2.24, 2.45) is 5.92 Å². The largest absolute Gasteiger partial charge is 0.505 e. The summed E-state index contributed by atoms with van der Waals surface area (Å²) in [6, 6.07) is 11.2. The van der Waals surface area contributed by atoms with Crippen molar-refractivity contribution in [2.45, 2.75) is 32.0 Å². The molecule has 0 saturated carbocycles. The van der Waals surface area contributed by atoms with Crippen molar-refractivity contribution in [3.05, 3.63) is 77.6 Å². The van der Waals surface area contributed by atoms with Crippen LogP contribution in [0, 0.1) is 11.7 Å². The number of hydrogen-bond acceptors (Lipinski definition) is 4. The van der Waals surface area contributed by atoms with E-state index in [0.29, 0.717) is 29.7 Å². The van der Waals surface area contributed by atoms with Gasteiger partial charge >= 0.3 is 0 Å². The van der Waals surface area contributed by atoms with E-state index in [1.54, 1.807) is 49.6 Å². The average molecular weight is 386 g/mol. The van der Waals surface area contributed by atoms with Crippen LogP contribution in [-0.2, 0) is 0 Å². The maximum Gasteiger partial charge on any atom is 0.165 e. The van der Waals surface area contributed by atoms with Crippen molar-refractivity contribution in [1.82, 2.24) is 0 Å². The number of methoxy groups -OCH3 is 1. The summed E-state index contributed by atoms with van der Waals surface area (Å²) in [7, 11) is 1.57.